The van der Waals surface area contributed by atoms with Crippen molar-refractivity contribution in [3.63, 3.8) is 0 Å². The Morgan fingerprint density at radius 1 is 0.926 bits per heavy atom. The Hall–Kier alpha value is -2.92. The summed E-state index contributed by atoms with van der Waals surface area (Å²) in [5.41, 5.74) is 0. The van der Waals surface area contributed by atoms with Gasteiger partial charge in [0.05, 0.1) is 13.2 Å². The molecule has 0 saturated carbocycles. The Morgan fingerprint density at radius 3 is 2.19 bits per heavy atom. The van der Waals surface area contributed by atoms with Gasteiger partial charge < -0.3 is 19.3 Å². The van der Waals surface area contributed by atoms with Crippen LogP contribution >= 0.6 is 0 Å². The first-order chi connectivity index (χ1) is 13.3. The van der Waals surface area contributed by atoms with Gasteiger partial charge >= 0.3 is 0 Å². The van der Waals surface area contributed by atoms with Crippen LogP contribution in [-0.2, 0) is 4.74 Å². The number of nitrogens with zero attached hydrogens (tertiary/aromatic N) is 6. The summed E-state index contributed by atoms with van der Waals surface area (Å²) < 4.78 is 11.4. The van der Waals surface area contributed by atoms with Crippen molar-refractivity contribution in [2.24, 2.45) is 0 Å². The van der Waals surface area contributed by atoms with Crippen LogP contribution in [0.15, 0.2) is 30.3 Å². The molecule has 8 heteroatoms. The Labute approximate surface area is 158 Å². The van der Waals surface area contributed by atoms with Crippen molar-refractivity contribution in [1.82, 2.24) is 15.0 Å². The fraction of sp³-hybridized carbons (Fsp3) is 0.474. The molecule has 8 nitrogen and oxygen atoms in total. The summed E-state index contributed by atoms with van der Waals surface area (Å²) in [6.07, 6.45) is 1.95. The molecule has 0 radical (unpaired) electrons. The van der Waals surface area contributed by atoms with Crippen molar-refractivity contribution in [3.8, 4) is 11.8 Å². The number of benzene rings is 1. The number of anilines is 2. The van der Waals surface area contributed by atoms with Crippen LogP contribution in [0.4, 0.5) is 11.9 Å². The summed E-state index contributed by atoms with van der Waals surface area (Å²) in [4.78, 5) is 17.4. The maximum absolute atomic E-state index is 9.30. The zero-order chi connectivity index (χ0) is 18.5. The van der Waals surface area contributed by atoms with E-state index in [1.807, 2.05) is 35.2 Å². The van der Waals surface area contributed by atoms with E-state index in [1.54, 1.807) is 0 Å². The topological polar surface area (TPSA) is 87.4 Å². The average molecular weight is 366 g/mol. The van der Waals surface area contributed by atoms with Crippen molar-refractivity contribution in [2.75, 3.05) is 49.2 Å². The molecule has 0 bridgehead atoms. The van der Waals surface area contributed by atoms with Gasteiger partial charge in [0, 0.05) is 39.0 Å². The maximum Gasteiger partial charge on any atom is 0.238 e. The molecule has 140 valence electrons. The minimum Gasteiger partial charge on any atom is -0.490 e. The second-order valence-electron chi connectivity index (χ2n) is 6.59. The predicted octanol–water partition coefficient (Wildman–Crippen LogP) is 1.63. The number of piperidine rings is 1. The lowest BCUT2D eigenvalue weighted by Crippen LogP contribution is -2.40. The standard InChI is InChI=1S/C19H22N6O2/c20-14-17-21-18(23-19(22-17)25-10-12-26-13-11-25)24-8-6-16(7-9-24)27-15-4-2-1-3-5-15/h1-5,16H,6-13H2. The second-order valence-corrected chi connectivity index (χ2v) is 6.59. The van der Waals surface area contributed by atoms with Crippen LogP contribution in [0.25, 0.3) is 0 Å². The summed E-state index contributed by atoms with van der Waals surface area (Å²) >= 11 is 0. The Kier molecular flexibility index (Phi) is 5.30. The van der Waals surface area contributed by atoms with E-state index in [1.165, 1.54) is 0 Å². The molecule has 4 rings (SSSR count). The Balaban J connectivity index is 1.43. The third kappa shape index (κ3) is 4.26. The number of aromatic nitrogens is 3. The minimum atomic E-state index is 0.157. The molecule has 1 aromatic heterocycles. The lowest BCUT2D eigenvalue weighted by atomic mass is 10.1. The van der Waals surface area contributed by atoms with Crippen LogP contribution in [0.1, 0.15) is 18.7 Å². The number of morpholine rings is 1. The van der Waals surface area contributed by atoms with Crippen molar-refractivity contribution in [3.05, 3.63) is 36.2 Å². The van der Waals surface area contributed by atoms with Gasteiger partial charge in [-0.1, -0.05) is 18.2 Å². The fourth-order valence-electron chi connectivity index (χ4n) is 3.32. The van der Waals surface area contributed by atoms with Gasteiger partial charge in [0.15, 0.2) is 0 Å². The monoisotopic (exact) mass is 366 g/mol. The molecular weight excluding hydrogens is 344 g/mol. The summed E-state index contributed by atoms with van der Waals surface area (Å²) in [7, 11) is 0. The number of hydrogen-bond donors (Lipinski definition) is 0. The molecule has 0 amide bonds. The second kappa shape index (κ2) is 8.18. The molecule has 0 spiro atoms. The van der Waals surface area contributed by atoms with E-state index in [0.29, 0.717) is 25.1 Å². The lowest BCUT2D eigenvalue weighted by Gasteiger charge is -2.33. The van der Waals surface area contributed by atoms with Crippen LogP contribution in [0, 0.1) is 11.3 Å². The minimum absolute atomic E-state index is 0.157. The van der Waals surface area contributed by atoms with Gasteiger partial charge in [-0.05, 0) is 12.1 Å². The summed E-state index contributed by atoms with van der Waals surface area (Å²) in [6, 6.07) is 11.9. The lowest BCUT2D eigenvalue weighted by molar-refractivity contribution is 0.122. The first-order valence-electron chi connectivity index (χ1n) is 9.27. The Morgan fingerprint density at radius 2 is 1.56 bits per heavy atom. The largest absolute Gasteiger partial charge is 0.490 e. The highest BCUT2D eigenvalue weighted by Gasteiger charge is 2.24. The molecule has 2 saturated heterocycles. The van der Waals surface area contributed by atoms with E-state index in [0.717, 1.165) is 44.8 Å². The third-order valence-electron chi connectivity index (χ3n) is 4.78. The molecule has 2 aromatic rings. The molecule has 0 atom stereocenters. The zero-order valence-electron chi connectivity index (χ0n) is 15.1. The highest BCUT2D eigenvalue weighted by molar-refractivity contribution is 5.41. The number of ether oxygens (including phenoxy) is 2. The summed E-state index contributed by atoms with van der Waals surface area (Å²) in [5, 5.41) is 9.30. The van der Waals surface area contributed by atoms with E-state index in [-0.39, 0.29) is 11.9 Å². The number of nitriles is 1. The molecule has 2 aliphatic rings. The van der Waals surface area contributed by atoms with E-state index in [9.17, 15) is 5.26 Å². The van der Waals surface area contributed by atoms with Crippen molar-refractivity contribution in [1.29, 1.82) is 5.26 Å². The summed E-state index contributed by atoms with van der Waals surface area (Å²) in [5.74, 6) is 2.19. The zero-order valence-corrected chi connectivity index (χ0v) is 15.1. The van der Waals surface area contributed by atoms with Gasteiger partial charge in [-0.2, -0.15) is 20.2 Å². The molecule has 2 fully saturated rings. The van der Waals surface area contributed by atoms with Crippen molar-refractivity contribution < 1.29 is 9.47 Å². The smallest absolute Gasteiger partial charge is 0.238 e. The third-order valence-corrected chi connectivity index (χ3v) is 4.78. The van der Waals surface area contributed by atoms with Crippen LogP contribution < -0.4 is 14.5 Å². The SMILES string of the molecule is N#Cc1nc(N2CCOCC2)nc(N2CCC(Oc3ccccc3)CC2)n1. The predicted molar refractivity (Wildman–Crippen MR) is 99.9 cm³/mol. The van der Waals surface area contributed by atoms with Crippen LogP contribution in [0.5, 0.6) is 5.75 Å². The molecule has 2 aliphatic heterocycles. The van der Waals surface area contributed by atoms with Crippen LogP contribution in [0.3, 0.4) is 0 Å². The Bertz CT molecular complexity index is 796. The van der Waals surface area contributed by atoms with E-state index < -0.39 is 0 Å². The van der Waals surface area contributed by atoms with Gasteiger partial charge in [0.2, 0.25) is 17.7 Å². The van der Waals surface area contributed by atoms with Crippen molar-refractivity contribution in [2.45, 2.75) is 18.9 Å². The van der Waals surface area contributed by atoms with Gasteiger partial charge in [-0.3, -0.25) is 0 Å². The quantitative estimate of drug-likeness (QED) is 0.807. The number of para-hydroxylation sites is 1. The number of hydrogen-bond acceptors (Lipinski definition) is 8. The highest BCUT2D eigenvalue weighted by atomic mass is 16.5. The van der Waals surface area contributed by atoms with Crippen molar-refractivity contribution >= 4 is 11.9 Å². The van der Waals surface area contributed by atoms with Gasteiger partial charge in [-0.15, -0.1) is 0 Å². The summed E-state index contributed by atoms with van der Waals surface area (Å²) in [6.45, 7) is 4.31. The molecule has 3 heterocycles. The van der Waals surface area contributed by atoms with E-state index in [4.69, 9.17) is 9.47 Å². The molecular formula is C19H22N6O2. The highest BCUT2D eigenvalue weighted by Crippen LogP contribution is 2.22. The van der Waals surface area contributed by atoms with E-state index in [2.05, 4.69) is 25.9 Å². The van der Waals surface area contributed by atoms with Gasteiger partial charge in [0.25, 0.3) is 0 Å². The molecule has 0 aliphatic carbocycles. The average Bonchev–Trinajstić information content (AvgIpc) is 2.75. The van der Waals surface area contributed by atoms with Gasteiger partial charge in [-0.25, -0.2) is 0 Å². The normalized spacial score (nSPS) is 18.2. The fourth-order valence-corrected chi connectivity index (χ4v) is 3.32. The first-order valence-corrected chi connectivity index (χ1v) is 9.27. The number of rotatable bonds is 4. The maximum atomic E-state index is 9.30. The van der Waals surface area contributed by atoms with E-state index >= 15 is 0 Å². The first kappa shape index (κ1) is 17.5. The van der Waals surface area contributed by atoms with Crippen LogP contribution in [0.2, 0.25) is 0 Å². The molecule has 1 aromatic carbocycles. The molecule has 0 N–H and O–H groups in total. The van der Waals surface area contributed by atoms with Gasteiger partial charge in [0.1, 0.15) is 17.9 Å². The molecule has 0 unspecified atom stereocenters. The molecule has 27 heavy (non-hydrogen) atoms. The van der Waals surface area contributed by atoms with Crippen LogP contribution in [-0.4, -0.2) is 60.4 Å².